The molecule has 0 aliphatic carbocycles. The molecule has 1 N–H and O–H groups in total. The summed E-state index contributed by atoms with van der Waals surface area (Å²) in [7, 11) is 7.20. The minimum absolute atomic E-state index is 0.190. The molecule has 0 amide bonds. The summed E-state index contributed by atoms with van der Waals surface area (Å²) in [6.45, 7) is 4.00. The molecule has 0 radical (unpaired) electrons. The number of rotatable bonds is 4. The number of aryl methyl sites for hydroxylation is 1. The van der Waals surface area contributed by atoms with E-state index in [1.54, 1.807) is 20.2 Å². The van der Waals surface area contributed by atoms with Crippen molar-refractivity contribution in [2.45, 2.75) is 13.8 Å². The number of hydrogen-bond donors (Lipinski definition) is 1. The number of hydrogen-bond acceptors (Lipinski definition) is 5. The number of nitrogens with one attached hydrogen (secondary N) is 1. The van der Waals surface area contributed by atoms with Crippen LogP contribution in [0.5, 0.6) is 5.75 Å². The van der Waals surface area contributed by atoms with Crippen molar-refractivity contribution < 1.29 is 9.42 Å². The number of methoxy groups -OCH3 is 1. The van der Waals surface area contributed by atoms with Crippen LogP contribution in [0.3, 0.4) is 0 Å². The summed E-state index contributed by atoms with van der Waals surface area (Å²) >= 11 is 0. The van der Waals surface area contributed by atoms with Gasteiger partial charge in [-0.3, -0.25) is 4.79 Å². The Morgan fingerprint density at radius 3 is 2.39 bits per heavy atom. The predicted molar refractivity (Wildman–Crippen MR) is 91.1 cm³/mol. The Bertz CT molecular complexity index is 723. The van der Waals surface area contributed by atoms with Gasteiger partial charge in [-0.1, -0.05) is 13.8 Å². The monoisotopic (exact) mass is 318 g/mol. The molecule has 0 atom stereocenters. The lowest BCUT2D eigenvalue weighted by molar-refractivity contribution is -0.719. The normalized spacial score (nSPS) is 10.2. The van der Waals surface area contributed by atoms with Crippen LogP contribution in [0.15, 0.2) is 45.4 Å². The van der Waals surface area contributed by atoms with Crippen LogP contribution in [0.1, 0.15) is 13.8 Å². The number of nitrogens with zero attached hydrogens (tertiary/aromatic N) is 4. The summed E-state index contributed by atoms with van der Waals surface area (Å²) in [6.07, 6.45) is 0. The lowest BCUT2D eigenvalue weighted by atomic mass is 10.2. The molecule has 7 heteroatoms. The number of H-pyrrole nitrogens is 1. The average Bonchev–Trinajstić information content (AvgIpc) is 2.55. The zero-order chi connectivity index (χ0) is 17.4. The zero-order valence-electron chi connectivity index (χ0n) is 14.5. The van der Waals surface area contributed by atoms with Crippen LogP contribution < -0.4 is 19.9 Å². The minimum atomic E-state index is -0.190. The fourth-order valence-corrected chi connectivity index (χ4v) is 1.75. The van der Waals surface area contributed by atoms with E-state index in [-0.39, 0.29) is 5.56 Å². The largest absolute Gasteiger partial charge is 0.494 e. The molecule has 124 valence electrons. The van der Waals surface area contributed by atoms with Crippen molar-refractivity contribution in [2.75, 3.05) is 26.1 Å². The molecule has 0 saturated heterocycles. The molecule has 1 heterocycles. The minimum Gasteiger partial charge on any atom is -0.494 e. The molecular weight excluding hydrogens is 294 g/mol. The van der Waals surface area contributed by atoms with Gasteiger partial charge in [0.25, 0.3) is 5.56 Å². The molecule has 0 spiro atoms. The lowest BCUT2D eigenvalue weighted by Gasteiger charge is -2.13. The van der Waals surface area contributed by atoms with Crippen molar-refractivity contribution in [3.63, 3.8) is 0 Å². The van der Waals surface area contributed by atoms with Gasteiger partial charge in [-0.25, -0.2) is 0 Å². The second-order valence-electron chi connectivity index (χ2n) is 4.68. The molecule has 0 bridgehead atoms. The second-order valence-corrected chi connectivity index (χ2v) is 4.68. The summed E-state index contributed by atoms with van der Waals surface area (Å²) in [5.74, 6) is 1.17. The average molecular weight is 318 g/mol. The Kier molecular flexibility index (Phi) is 6.92. The first-order valence-corrected chi connectivity index (χ1v) is 7.37. The van der Waals surface area contributed by atoms with Gasteiger partial charge in [-0.05, 0) is 17.2 Å². The maximum absolute atomic E-state index is 11.1. The maximum atomic E-state index is 11.1. The number of azo groups is 1. The van der Waals surface area contributed by atoms with E-state index in [4.69, 9.17) is 4.74 Å². The smallest absolute Gasteiger partial charge is 0.368 e. The van der Waals surface area contributed by atoms with Crippen LogP contribution in [0, 0.1) is 0 Å². The van der Waals surface area contributed by atoms with Crippen LogP contribution in [0.4, 0.5) is 17.2 Å². The van der Waals surface area contributed by atoms with Gasteiger partial charge in [-0.15, -0.1) is 0 Å². The summed E-state index contributed by atoms with van der Waals surface area (Å²) in [4.78, 5) is 13.1. The first-order valence-electron chi connectivity index (χ1n) is 7.37. The highest BCUT2D eigenvalue weighted by Gasteiger charge is 2.10. The van der Waals surface area contributed by atoms with Gasteiger partial charge in [-0.2, -0.15) is 9.78 Å². The summed E-state index contributed by atoms with van der Waals surface area (Å²) < 4.78 is 6.84. The molecule has 0 aliphatic rings. The van der Waals surface area contributed by atoms with Gasteiger partial charge in [0.15, 0.2) is 11.4 Å². The molecule has 1 aromatic carbocycles. The highest BCUT2D eigenvalue weighted by molar-refractivity contribution is 5.61. The molecule has 0 fully saturated rings. The number of ether oxygens (including phenoxy) is 1. The van der Waals surface area contributed by atoms with E-state index >= 15 is 0 Å². The molecule has 0 unspecified atom stereocenters. The van der Waals surface area contributed by atoms with Crippen LogP contribution in [0.2, 0.25) is 0 Å². The summed E-state index contributed by atoms with van der Waals surface area (Å²) in [6, 6.07) is 8.66. The second kappa shape index (κ2) is 8.67. The van der Waals surface area contributed by atoms with Crippen molar-refractivity contribution >= 4 is 17.2 Å². The van der Waals surface area contributed by atoms with E-state index in [1.807, 2.05) is 51.0 Å². The number of aromatic nitrogens is 2. The quantitative estimate of drug-likeness (QED) is 0.696. The standard InChI is InChI=1S/C14H17N5O2.C2H6/c1-18(2)10-5-6-11(12(9-10)21-4)15-16-13-7-8-14(20)17-19(13)3;1-2/h5-9H,1-4H3;1-2H3/p+1. The van der Waals surface area contributed by atoms with E-state index in [0.717, 1.165) is 5.69 Å². The van der Waals surface area contributed by atoms with Crippen LogP contribution in [-0.2, 0) is 7.05 Å². The van der Waals surface area contributed by atoms with E-state index in [2.05, 4.69) is 15.3 Å². The first kappa shape index (κ1) is 18.3. The van der Waals surface area contributed by atoms with Gasteiger partial charge in [0, 0.05) is 38.0 Å². The third kappa shape index (κ3) is 4.91. The highest BCUT2D eigenvalue weighted by atomic mass is 16.5. The Balaban J connectivity index is 0.00000127. The zero-order valence-corrected chi connectivity index (χ0v) is 14.5. The fraction of sp³-hybridized carbons (Fsp3) is 0.375. The molecule has 2 aromatic rings. The first-order chi connectivity index (χ1) is 11.0. The highest BCUT2D eigenvalue weighted by Crippen LogP contribution is 2.32. The van der Waals surface area contributed by atoms with Crippen molar-refractivity contribution in [1.82, 2.24) is 5.10 Å². The number of benzene rings is 1. The van der Waals surface area contributed by atoms with Gasteiger partial charge < -0.3 is 9.64 Å². The van der Waals surface area contributed by atoms with Crippen molar-refractivity contribution in [3.8, 4) is 5.75 Å². The SMILES string of the molecule is CC.COc1cc(N(C)C)ccc1N=Nc1ccc(=O)[nH][n+]1C. The predicted octanol–water partition coefficient (Wildman–Crippen LogP) is 2.72. The molecule has 1 aromatic heterocycles. The Labute approximate surface area is 136 Å². The molecule has 2 rings (SSSR count). The Morgan fingerprint density at radius 2 is 1.83 bits per heavy atom. The van der Waals surface area contributed by atoms with E-state index < -0.39 is 0 Å². The van der Waals surface area contributed by atoms with Crippen LogP contribution >= 0.6 is 0 Å². The Hall–Kier alpha value is -2.70. The topological polar surface area (TPSA) is 73.9 Å². The molecule has 0 aliphatic heterocycles. The van der Waals surface area contributed by atoms with Gasteiger partial charge in [0.2, 0.25) is 0 Å². The summed E-state index contributed by atoms with van der Waals surface area (Å²) in [5.41, 5.74) is 1.44. The van der Waals surface area contributed by atoms with Crippen molar-refractivity contribution in [2.24, 2.45) is 17.3 Å². The van der Waals surface area contributed by atoms with Gasteiger partial charge >= 0.3 is 5.82 Å². The maximum Gasteiger partial charge on any atom is 0.368 e. The van der Waals surface area contributed by atoms with Crippen molar-refractivity contribution in [1.29, 1.82) is 0 Å². The third-order valence-corrected chi connectivity index (χ3v) is 2.95. The van der Waals surface area contributed by atoms with Gasteiger partial charge in [0.1, 0.15) is 7.05 Å². The van der Waals surface area contributed by atoms with Gasteiger partial charge in [0.05, 0.1) is 12.2 Å². The van der Waals surface area contributed by atoms with E-state index in [0.29, 0.717) is 17.3 Å². The molecule has 23 heavy (non-hydrogen) atoms. The lowest BCUT2D eigenvalue weighted by Crippen LogP contribution is -2.38. The van der Waals surface area contributed by atoms with E-state index in [1.165, 1.54) is 10.7 Å². The Morgan fingerprint density at radius 1 is 1.13 bits per heavy atom. The third-order valence-electron chi connectivity index (χ3n) is 2.95. The fourth-order valence-electron chi connectivity index (χ4n) is 1.75. The number of aromatic amines is 1. The van der Waals surface area contributed by atoms with Crippen LogP contribution in [-0.4, -0.2) is 26.3 Å². The molecule has 7 nitrogen and oxygen atoms in total. The summed E-state index contributed by atoms with van der Waals surface area (Å²) in [5, 5.41) is 10.9. The number of anilines is 1. The van der Waals surface area contributed by atoms with Crippen molar-refractivity contribution in [3.05, 3.63) is 40.7 Å². The van der Waals surface area contributed by atoms with E-state index in [9.17, 15) is 4.79 Å². The molecular formula is C16H24N5O2+. The molecule has 0 saturated carbocycles. The van der Waals surface area contributed by atoms with Crippen LogP contribution in [0.25, 0.3) is 0 Å².